The van der Waals surface area contributed by atoms with E-state index in [2.05, 4.69) is 49.6 Å². The molecule has 0 spiro atoms. The molecule has 5 rings (SSSR count). The van der Waals surface area contributed by atoms with Gasteiger partial charge in [0.1, 0.15) is 5.82 Å². The number of nitrogens with zero attached hydrogens (tertiary/aromatic N) is 4. The van der Waals surface area contributed by atoms with E-state index in [1.807, 2.05) is 36.9 Å². The summed E-state index contributed by atoms with van der Waals surface area (Å²) < 4.78 is 2.40. The molecule has 0 radical (unpaired) electrons. The first-order valence-corrected chi connectivity index (χ1v) is 11.0. The molecule has 5 nitrogen and oxygen atoms in total. The standard InChI is InChI=1S/C24H23N5S/c25-24-23(30-29-12-2-1-3-13-29)15-19(16-28-24)18-4-5-22-21(14-18)20(8-11-27-22)17-6-9-26-10-7-17/h4-11,14-16H,1-3,12-13H2,(H2,25,28). The first-order chi connectivity index (χ1) is 14.8. The Bertz CT molecular complexity index is 1170. The average Bonchev–Trinajstić information content (AvgIpc) is 2.81. The van der Waals surface area contributed by atoms with Crippen molar-refractivity contribution in [1.82, 2.24) is 19.3 Å². The van der Waals surface area contributed by atoms with Gasteiger partial charge in [0, 0.05) is 48.8 Å². The maximum absolute atomic E-state index is 6.20. The molecule has 1 aliphatic rings. The third kappa shape index (κ3) is 3.88. The predicted molar refractivity (Wildman–Crippen MR) is 124 cm³/mol. The Hall–Kier alpha value is -2.96. The summed E-state index contributed by atoms with van der Waals surface area (Å²) in [6.45, 7) is 2.20. The van der Waals surface area contributed by atoms with E-state index < -0.39 is 0 Å². The molecule has 0 aliphatic carbocycles. The molecule has 1 aliphatic heterocycles. The summed E-state index contributed by atoms with van der Waals surface area (Å²) in [4.78, 5) is 14.2. The quantitative estimate of drug-likeness (QED) is 0.450. The molecule has 0 atom stereocenters. The van der Waals surface area contributed by atoms with Crippen LogP contribution in [0.2, 0.25) is 0 Å². The third-order valence-electron chi connectivity index (χ3n) is 5.49. The molecule has 150 valence electrons. The van der Waals surface area contributed by atoms with Gasteiger partial charge >= 0.3 is 0 Å². The van der Waals surface area contributed by atoms with Crippen LogP contribution in [0.4, 0.5) is 5.82 Å². The summed E-state index contributed by atoms with van der Waals surface area (Å²) in [6.07, 6.45) is 11.2. The van der Waals surface area contributed by atoms with Gasteiger partial charge in [0.25, 0.3) is 0 Å². The van der Waals surface area contributed by atoms with Crippen molar-refractivity contribution in [3.05, 3.63) is 67.3 Å². The number of rotatable bonds is 4. The normalized spacial score (nSPS) is 14.8. The van der Waals surface area contributed by atoms with E-state index in [1.165, 1.54) is 19.3 Å². The van der Waals surface area contributed by atoms with Gasteiger partial charge in [-0.25, -0.2) is 9.29 Å². The SMILES string of the molecule is Nc1ncc(-c2ccc3nccc(-c4ccncc4)c3c2)cc1SN1CCCCC1. The summed E-state index contributed by atoms with van der Waals surface area (Å²) in [6, 6.07) is 14.6. The third-order valence-corrected chi connectivity index (χ3v) is 6.64. The molecule has 30 heavy (non-hydrogen) atoms. The van der Waals surface area contributed by atoms with Gasteiger partial charge in [0.05, 0.1) is 10.4 Å². The Balaban J connectivity index is 1.54. The number of benzene rings is 1. The Labute approximate surface area is 180 Å². The smallest absolute Gasteiger partial charge is 0.138 e. The highest BCUT2D eigenvalue weighted by molar-refractivity contribution is 7.97. The van der Waals surface area contributed by atoms with Gasteiger partial charge in [-0.15, -0.1) is 0 Å². The molecule has 0 bridgehead atoms. The first kappa shape index (κ1) is 19.0. The van der Waals surface area contributed by atoms with E-state index >= 15 is 0 Å². The molecule has 3 aromatic heterocycles. The number of piperidine rings is 1. The lowest BCUT2D eigenvalue weighted by Gasteiger charge is -2.25. The van der Waals surface area contributed by atoms with Crippen LogP contribution in [0.25, 0.3) is 33.2 Å². The van der Waals surface area contributed by atoms with E-state index in [0.29, 0.717) is 5.82 Å². The minimum absolute atomic E-state index is 0.592. The van der Waals surface area contributed by atoms with Crippen LogP contribution in [0.1, 0.15) is 19.3 Å². The van der Waals surface area contributed by atoms with Crippen LogP contribution in [0.3, 0.4) is 0 Å². The molecule has 0 unspecified atom stereocenters. The van der Waals surface area contributed by atoms with E-state index in [-0.39, 0.29) is 0 Å². The second-order valence-corrected chi connectivity index (χ2v) is 8.65. The summed E-state index contributed by atoms with van der Waals surface area (Å²) in [5, 5.41) is 1.11. The predicted octanol–water partition coefficient (Wildman–Crippen LogP) is 5.43. The van der Waals surface area contributed by atoms with E-state index in [4.69, 9.17) is 5.73 Å². The molecule has 1 saturated heterocycles. The Morgan fingerprint density at radius 3 is 2.47 bits per heavy atom. The second kappa shape index (κ2) is 8.42. The number of anilines is 1. The second-order valence-electron chi connectivity index (χ2n) is 7.51. The van der Waals surface area contributed by atoms with Gasteiger partial charge in [0.15, 0.2) is 0 Å². The lowest BCUT2D eigenvalue weighted by Crippen LogP contribution is -2.23. The van der Waals surface area contributed by atoms with Crippen LogP contribution in [-0.2, 0) is 0 Å². The highest BCUT2D eigenvalue weighted by Gasteiger charge is 2.15. The number of nitrogen functional groups attached to an aromatic ring is 1. The van der Waals surface area contributed by atoms with Crippen LogP contribution >= 0.6 is 11.9 Å². The first-order valence-electron chi connectivity index (χ1n) is 10.3. The zero-order valence-electron chi connectivity index (χ0n) is 16.7. The topological polar surface area (TPSA) is 67.9 Å². The molecule has 6 heteroatoms. The fourth-order valence-corrected chi connectivity index (χ4v) is 4.94. The van der Waals surface area contributed by atoms with Gasteiger partial charge in [-0.1, -0.05) is 12.5 Å². The maximum atomic E-state index is 6.20. The van der Waals surface area contributed by atoms with Crippen LogP contribution in [0, 0.1) is 0 Å². The number of nitrogens with two attached hydrogens (primary N) is 1. The Kier molecular flexibility index (Phi) is 5.34. The molecule has 4 heterocycles. The average molecular weight is 414 g/mol. The lowest BCUT2D eigenvalue weighted by atomic mass is 9.98. The van der Waals surface area contributed by atoms with Crippen molar-refractivity contribution < 1.29 is 0 Å². The zero-order valence-corrected chi connectivity index (χ0v) is 17.5. The van der Waals surface area contributed by atoms with Crippen LogP contribution < -0.4 is 5.73 Å². The number of aromatic nitrogens is 3. The molecule has 1 aromatic carbocycles. The van der Waals surface area contributed by atoms with Crippen molar-refractivity contribution in [2.24, 2.45) is 0 Å². The Morgan fingerprint density at radius 2 is 1.63 bits per heavy atom. The monoisotopic (exact) mass is 413 g/mol. The molecule has 2 N–H and O–H groups in total. The van der Waals surface area contributed by atoms with Crippen molar-refractivity contribution in [2.75, 3.05) is 18.8 Å². The summed E-state index contributed by atoms with van der Waals surface area (Å²) in [7, 11) is 0. The van der Waals surface area contributed by atoms with Crippen LogP contribution in [0.5, 0.6) is 0 Å². The largest absolute Gasteiger partial charge is 0.383 e. The minimum Gasteiger partial charge on any atom is -0.383 e. The maximum Gasteiger partial charge on any atom is 0.138 e. The fourth-order valence-electron chi connectivity index (χ4n) is 3.89. The highest BCUT2D eigenvalue weighted by atomic mass is 32.2. The van der Waals surface area contributed by atoms with E-state index in [9.17, 15) is 0 Å². The summed E-state index contributed by atoms with van der Waals surface area (Å²) in [5.74, 6) is 0.592. The Morgan fingerprint density at radius 1 is 0.800 bits per heavy atom. The van der Waals surface area contributed by atoms with Crippen molar-refractivity contribution in [3.8, 4) is 22.3 Å². The molecule has 0 amide bonds. The minimum atomic E-state index is 0.592. The molecular weight excluding hydrogens is 390 g/mol. The summed E-state index contributed by atoms with van der Waals surface area (Å²) in [5.41, 5.74) is 11.6. The zero-order chi connectivity index (χ0) is 20.3. The molecule has 1 fully saturated rings. The number of hydrogen-bond acceptors (Lipinski definition) is 6. The van der Waals surface area contributed by atoms with Crippen LogP contribution in [-0.4, -0.2) is 32.3 Å². The fraction of sp³-hybridized carbons (Fsp3) is 0.208. The van der Waals surface area contributed by atoms with Crippen molar-refractivity contribution in [2.45, 2.75) is 24.2 Å². The van der Waals surface area contributed by atoms with Crippen molar-refractivity contribution >= 4 is 28.7 Å². The van der Waals surface area contributed by atoms with Crippen molar-refractivity contribution in [3.63, 3.8) is 0 Å². The molecular formula is C24H23N5S. The molecule has 0 saturated carbocycles. The van der Waals surface area contributed by atoms with Gasteiger partial charge < -0.3 is 5.73 Å². The van der Waals surface area contributed by atoms with E-state index in [1.54, 1.807) is 11.9 Å². The van der Waals surface area contributed by atoms with Crippen molar-refractivity contribution in [1.29, 1.82) is 0 Å². The number of pyridine rings is 3. The highest BCUT2D eigenvalue weighted by Crippen LogP contribution is 2.35. The summed E-state index contributed by atoms with van der Waals surface area (Å²) >= 11 is 1.73. The number of fused-ring (bicyclic) bond motifs is 1. The van der Waals surface area contributed by atoms with E-state index in [0.717, 1.165) is 51.1 Å². The van der Waals surface area contributed by atoms with Gasteiger partial charge in [-0.3, -0.25) is 9.97 Å². The van der Waals surface area contributed by atoms with Crippen LogP contribution in [0.15, 0.2) is 72.1 Å². The lowest BCUT2D eigenvalue weighted by molar-refractivity contribution is 0.380. The van der Waals surface area contributed by atoms with Gasteiger partial charge in [-0.2, -0.15) is 0 Å². The number of hydrogen-bond donors (Lipinski definition) is 1. The van der Waals surface area contributed by atoms with Gasteiger partial charge in [0.2, 0.25) is 0 Å². The van der Waals surface area contributed by atoms with Gasteiger partial charge in [-0.05, 0) is 77.9 Å². The molecule has 4 aromatic rings.